The molecule has 2 N–H and O–H groups in total. The molecule has 1 aromatic rings. The zero-order chi connectivity index (χ0) is 15.5. The van der Waals surface area contributed by atoms with Crippen molar-refractivity contribution in [3.8, 4) is 12.1 Å². The highest BCUT2D eigenvalue weighted by Gasteiger charge is 2.37. The largest absolute Gasteiger partial charge is 0.335 e. The van der Waals surface area contributed by atoms with E-state index in [9.17, 15) is 18.9 Å². The highest BCUT2D eigenvalue weighted by molar-refractivity contribution is 7.84. The highest BCUT2D eigenvalue weighted by atomic mass is 32.2. The van der Waals surface area contributed by atoms with Gasteiger partial charge in [0.2, 0.25) is 0 Å². The molecule has 0 saturated heterocycles. The number of hydrogen-bond donors (Lipinski definition) is 1. The van der Waals surface area contributed by atoms with E-state index in [1.807, 2.05) is 36.4 Å². The highest BCUT2D eigenvalue weighted by Crippen LogP contribution is 2.34. The minimum Gasteiger partial charge on any atom is -0.231 e. The molecule has 0 radical (unpaired) electrons. The van der Waals surface area contributed by atoms with Gasteiger partial charge in [-0.3, -0.25) is 0 Å². The van der Waals surface area contributed by atoms with Crippen LogP contribution in [0.2, 0.25) is 0 Å². The Kier molecular flexibility index (Phi) is 3.92. The molecule has 7 heteroatoms. The molecule has 106 valence electrons. The number of allylic oxidation sites excluding steroid dienone is 2. The third kappa shape index (κ3) is 3.36. The first-order valence-electron chi connectivity index (χ1n) is 5.92. The van der Waals surface area contributed by atoms with Crippen LogP contribution in [0.4, 0.5) is 0 Å². The summed E-state index contributed by atoms with van der Waals surface area (Å²) in [6.07, 6.45) is 2.63. The molecule has 0 fully saturated rings. The van der Waals surface area contributed by atoms with Gasteiger partial charge >= 0.3 is 10.3 Å². The van der Waals surface area contributed by atoms with Crippen LogP contribution < -0.4 is 5.14 Å². The maximum atomic E-state index is 11.1. The zero-order valence-electron chi connectivity index (χ0n) is 10.9. The van der Waals surface area contributed by atoms with Crippen molar-refractivity contribution in [1.82, 2.24) is 0 Å². The van der Waals surface area contributed by atoms with Gasteiger partial charge in [0.15, 0.2) is 5.60 Å². The second kappa shape index (κ2) is 5.51. The van der Waals surface area contributed by atoms with E-state index in [0.29, 0.717) is 5.57 Å². The van der Waals surface area contributed by atoms with Crippen LogP contribution in [0.5, 0.6) is 0 Å². The summed E-state index contributed by atoms with van der Waals surface area (Å²) in [6, 6.07) is 12.9. The van der Waals surface area contributed by atoms with Crippen molar-refractivity contribution in [2.24, 2.45) is 5.14 Å². The number of hydrogen-bond acceptors (Lipinski definition) is 5. The van der Waals surface area contributed by atoms with Crippen LogP contribution in [-0.4, -0.2) is 14.0 Å². The first kappa shape index (κ1) is 14.9. The number of nitrogens with two attached hydrogens (primary N) is 1. The SMILES string of the molecule is N#CC1=C(c2ccccc2)C=CC(C#N)(OS(N)(=O)=O)C1. The lowest BCUT2D eigenvalue weighted by molar-refractivity contribution is 0.188. The van der Waals surface area contributed by atoms with Gasteiger partial charge in [-0.1, -0.05) is 36.4 Å². The number of nitrogens with zero attached hydrogens (tertiary/aromatic N) is 2. The molecular weight excluding hydrogens is 290 g/mol. The van der Waals surface area contributed by atoms with E-state index in [1.165, 1.54) is 12.2 Å². The summed E-state index contributed by atoms with van der Waals surface area (Å²) in [7, 11) is -4.31. The number of nitriles is 2. The molecule has 0 amide bonds. The minimum atomic E-state index is -4.31. The van der Waals surface area contributed by atoms with Crippen LogP contribution in [-0.2, 0) is 14.5 Å². The van der Waals surface area contributed by atoms with E-state index in [1.54, 1.807) is 6.07 Å². The molecule has 1 atom stereocenters. The maximum absolute atomic E-state index is 11.1. The fourth-order valence-corrected chi connectivity index (χ4v) is 2.65. The lowest BCUT2D eigenvalue weighted by atomic mass is 9.85. The van der Waals surface area contributed by atoms with E-state index < -0.39 is 15.9 Å². The van der Waals surface area contributed by atoms with Crippen LogP contribution in [0.3, 0.4) is 0 Å². The van der Waals surface area contributed by atoms with E-state index in [-0.39, 0.29) is 12.0 Å². The van der Waals surface area contributed by atoms with Crippen LogP contribution in [0, 0.1) is 22.7 Å². The van der Waals surface area contributed by atoms with Crippen molar-refractivity contribution in [3.63, 3.8) is 0 Å². The summed E-state index contributed by atoms with van der Waals surface area (Å²) >= 11 is 0. The van der Waals surface area contributed by atoms with Crippen molar-refractivity contribution in [1.29, 1.82) is 10.5 Å². The van der Waals surface area contributed by atoms with Crippen molar-refractivity contribution in [2.45, 2.75) is 12.0 Å². The minimum absolute atomic E-state index is 0.183. The lowest BCUT2D eigenvalue weighted by Crippen LogP contribution is -2.36. The average molecular weight is 301 g/mol. The Bertz CT molecular complexity index is 798. The second-order valence-corrected chi connectivity index (χ2v) is 5.61. The van der Waals surface area contributed by atoms with Crippen LogP contribution >= 0.6 is 0 Å². The van der Waals surface area contributed by atoms with E-state index in [0.717, 1.165) is 5.56 Å². The first-order valence-corrected chi connectivity index (χ1v) is 7.39. The Morgan fingerprint density at radius 3 is 2.43 bits per heavy atom. The summed E-state index contributed by atoms with van der Waals surface area (Å²) in [5.74, 6) is 0. The molecule has 1 unspecified atom stereocenters. The van der Waals surface area contributed by atoms with E-state index in [4.69, 9.17) is 5.14 Å². The van der Waals surface area contributed by atoms with Crippen LogP contribution in [0.15, 0.2) is 48.1 Å². The third-order valence-corrected chi connectivity index (χ3v) is 3.49. The molecule has 0 bridgehead atoms. The molecule has 0 saturated carbocycles. The summed E-state index contributed by atoms with van der Waals surface area (Å²) < 4.78 is 26.8. The summed E-state index contributed by atoms with van der Waals surface area (Å²) in [4.78, 5) is 0. The van der Waals surface area contributed by atoms with Crippen molar-refractivity contribution < 1.29 is 12.6 Å². The smallest absolute Gasteiger partial charge is 0.231 e. The molecule has 0 aromatic heterocycles. The fourth-order valence-electron chi connectivity index (χ4n) is 2.08. The van der Waals surface area contributed by atoms with Gasteiger partial charge in [0, 0.05) is 12.0 Å². The van der Waals surface area contributed by atoms with Crippen molar-refractivity contribution in [2.75, 3.05) is 0 Å². The molecule has 1 aliphatic carbocycles. The standard InChI is InChI=1S/C14H11N3O3S/c15-9-12-8-14(10-16,20-21(17,18)19)7-6-13(12)11-4-2-1-3-5-11/h1-7H,8H2,(H2,17,18,19). The molecule has 21 heavy (non-hydrogen) atoms. The van der Waals surface area contributed by atoms with Gasteiger partial charge < -0.3 is 0 Å². The monoisotopic (exact) mass is 301 g/mol. The zero-order valence-corrected chi connectivity index (χ0v) is 11.7. The molecule has 0 heterocycles. The Morgan fingerprint density at radius 2 is 1.90 bits per heavy atom. The van der Waals surface area contributed by atoms with Crippen molar-refractivity contribution >= 4 is 15.9 Å². The van der Waals surface area contributed by atoms with Gasteiger partial charge in [-0.05, 0) is 17.2 Å². The topological polar surface area (TPSA) is 117 Å². The molecule has 1 aliphatic rings. The first-order chi connectivity index (χ1) is 9.89. The Hall–Kier alpha value is -2.45. The second-order valence-electron chi connectivity index (χ2n) is 4.46. The molecule has 1 aromatic carbocycles. The van der Waals surface area contributed by atoms with Gasteiger partial charge in [0.25, 0.3) is 0 Å². The molecular formula is C14H11N3O3S. The molecule has 0 aliphatic heterocycles. The van der Waals surface area contributed by atoms with Gasteiger partial charge in [-0.2, -0.15) is 18.9 Å². The van der Waals surface area contributed by atoms with Crippen LogP contribution in [0.1, 0.15) is 12.0 Å². The lowest BCUT2D eigenvalue weighted by Gasteiger charge is -2.25. The number of benzene rings is 1. The average Bonchev–Trinajstić information content (AvgIpc) is 2.46. The third-order valence-electron chi connectivity index (χ3n) is 2.96. The Balaban J connectivity index is 2.45. The summed E-state index contributed by atoms with van der Waals surface area (Å²) in [5, 5.41) is 23.3. The predicted octanol–water partition coefficient (Wildman–Crippen LogP) is 1.41. The quantitative estimate of drug-likeness (QED) is 0.905. The van der Waals surface area contributed by atoms with E-state index in [2.05, 4.69) is 4.18 Å². The fraction of sp³-hybridized carbons (Fsp3) is 0.143. The van der Waals surface area contributed by atoms with Crippen LogP contribution in [0.25, 0.3) is 5.57 Å². The van der Waals surface area contributed by atoms with Gasteiger partial charge in [0.1, 0.15) is 6.07 Å². The van der Waals surface area contributed by atoms with Gasteiger partial charge in [-0.25, -0.2) is 9.32 Å². The molecule has 6 nitrogen and oxygen atoms in total. The van der Waals surface area contributed by atoms with Gasteiger partial charge in [0.05, 0.1) is 6.07 Å². The van der Waals surface area contributed by atoms with Gasteiger partial charge in [-0.15, -0.1) is 0 Å². The Labute approximate surface area is 122 Å². The summed E-state index contributed by atoms with van der Waals surface area (Å²) in [6.45, 7) is 0. The normalized spacial score (nSPS) is 21.7. The van der Waals surface area contributed by atoms with E-state index >= 15 is 0 Å². The molecule has 0 spiro atoms. The number of rotatable bonds is 3. The maximum Gasteiger partial charge on any atom is 0.335 e. The summed E-state index contributed by atoms with van der Waals surface area (Å²) in [5.41, 5.74) is -0.0972. The Morgan fingerprint density at radius 1 is 1.24 bits per heavy atom. The molecule has 2 rings (SSSR count). The predicted molar refractivity (Wildman–Crippen MR) is 75.3 cm³/mol. The van der Waals surface area contributed by atoms with Crippen molar-refractivity contribution in [3.05, 3.63) is 53.6 Å².